The number of anilines is 1. The molecule has 0 aliphatic carbocycles. The average molecular weight is 474 g/mol. The summed E-state index contributed by atoms with van der Waals surface area (Å²) >= 11 is 0. The topological polar surface area (TPSA) is 121 Å². The van der Waals surface area contributed by atoms with Gasteiger partial charge in [-0.3, -0.25) is 9.59 Å². The number of nitrogens with one attached hydrogen (secondary N) is 1. The molecular formula is C26H27N5O4. The molecule has 0 bridgehead atoms. The van der Waals surface area contributed by atoms with Crippen LogP contribution in [0.2, 0.25) is 0 Å². The Morgan fingerprint density at radius 3 is 2.49 bits per heavy atom. The van der Waals surface area contributed by atoms with Gasteiger partial charge in [-0.1, -0.05) is 12.1 Å². The molecule has 4 aromatic rings. The number of nitrogens with zero attached hydrogens (tertiary/aromatic N) is 3. The molecule has 180 valence electrons. The van der Waals surface area contributed by atoms with Gasteiger partial charge in [0.05, 0.1) is 18.5 Å². The Morgan fingerprint density at radius 1 is 1.06 bits per heavy atom. The summed E-state index contributed by atoms with van der Waals surface area (Å²) in [4.78, 5) is 28.9. The highest BCUT2D eigenvalue weighted by Gasteiger charge is 2.17. The normalized spacial score (nSPS) is 10.8. The Morgan fingerprint density at radius 2 is 1.77 bits per heavy atom. The van der Waals surface area contributed by atoms with E-state index in [0.29, 0.717) is 35.9 Å². The lowest BCUT2D eigenvalue weighted by Gasteiger charge is -2.14. The van der Waals surface area contributed by atoms with Crippen molar-refractivity contribution in [1.29, 1.82) is 0 Å². The highest BCUT2D eigenvalue weighted by atomic mass is 16.5. The minimum absolute atomic E-state index is 0.162. The van der Waals surface area contributed by atoms with Crippen molar-refractivity contribution in [3.63, 3.8) is 0 Å². The van der Waals surface area contributed by atoms with E-state index in [-0.39, 0.29) is 17.9 Å². The van der Waals surface area contributed by atoms with Crippen LogP contribution in [0.1, 0.15) is 40.7 Å². The third-order valence-corrected chi connectivity index (χ3v) is 5.60. The Kier molecular flexibility index (Phi) is 6.96. The third-order valence-electron chi connectivity index (χ3n) is 5.60. The summed E-state index contributed by atoms with van der Waals surface area (Å²) in [6, 6.07) is 14.6. The number of primary amides is 1. The Bertz CT molecular complexity index is 1380. The fourth-order valence-corrected chi connectivity index (χ4v) is 3.85. The standard InChI is InChI=1S/C26H27N5O4/c1-4-34-18-9-11-19(12-10-18)35-23-8-6-5-7-22(23)30-24(32)14-13-20-16(2)29-26-21(25(27)33)15-28-31(26)17(20)3/h5-12,15H,4,13-14H2,1-3H3,(H2,27,33)(H,30,32). The second kappa shape index (κ2) is 10.3. The SMILES string of the molecule is CCOc1ccc(Oc2ccccc2NC(=O)CCc2c(C)nc3c(C(N)=O)cnn3c2C)cc1. The van der Waals surface area contributed by atoms with Crippen LogP contribution < -0.4 is 20.5 Å². The lowest BCUT2D eigenvalue weighted by molar-refractivity contribution is -0.116. The van der Waals surface area contributed by atoms with Crippen molar-refractivity contribution in [2.45, 2.75) is 33.6 Å². The van der Waals surface area contributed by atoms with Crippen LogP contribution in [0.5, 0.6) is 17.2 Å². The smallest absolute Gasteiger partial charge is 0.254 e. The number of amides is 2. The summed E-state index contributed by atoms with van der Waals surface area (Å²) in [5, 5.41) is 7.17. The summed E-state index contributed by atoms with van der Waals surface area (Å²) < 4.78 is 13.0. The zero-order valence-electron chi connectivity index (χ0n) is 19.9. The number of carbonyl (C=O) groups excluding carboxylic acids is 2. The number of ether oxygens (including phenoxy) is 2. The van der Waals surface area contributed by atoms with Crippen LogP contribution in [-0.4, -0.2) is 33.0 Å². The fraction of sp³-hybridized carbons (Fsp3) is 0.231. The second-order valence-corrected chi connectivity index (χ2v) is 7.97. The van der Waals surface area contributed by atoms with Crippen molar-refractivity contribution >= 4 is 23.1 Å². The zero-order valence-corrected chi connectivity index (χ0v) is 19.9. The van der Waals surface area contributed by atoms with Crippen LogP contribution >= 0.6 is 0 Å². The van der Waals surface area contributed by atoms with Crippen LogP contribution in [0.3, 0.4) is 0 Å². The molecule has 9 heteroatoms. The number of benzene rings is 2. The van der Waals surface area contributed by atoms with E-state index < -0.39 is 5.91 Å². The molecule has 4 rings (SSSR count). The fourth-order valence-electron chi connectivity index (χ4n) is 3.85. The molecule has 0 radical (unpaired) electrons. The van der Waals surface area contributed by atoms with E-state index in [1.807, 2.05) is 57.2 Å². The van der Waals surface area contributed by atoms with E-state index in [2.05, 4.69) is 15.4 Å². The van der Waals surface area contributed by atoms with Crippen LogP contribution in [0.15, 0.2) is 54.7 Å². The van der Waals surface area contributed by atoms with E-state index in [1.54, 1.807) is 16.6 Å². The molecule has 0 saturated heterocycles. The van der Waals surface area contributed by atoms with Crippen molar-refractivity contribution in [3.8, 4) is 17.2 Å². The maximum atomic E-state index is 12.8. The number of carbonyl (C=O) groups is 2. The molecule has 35 heavy (non-hydrogen) atoms. The zero-order chi connectivity index (χ0) is 24.9. The molecule has 0 fully saturated rings. The number of rotatable bonds is 9. The number of fused-ring (bicyclic) bond motifs is 1. The van der Waals surface area contributed by atoms with E-state index in [4.69, 9.17) is 15.2 Å². The minimum Gasteiger partial charge on any atom is -0.494 e. The molecule has 9 nitrogen and oxygen atoms in total. The molecule has 0 atom stereocenters. The van der Waals surface area contributed by atoms with Gasteiger partial charge in [0, 0.05) is 17.8 Å². The van der Waals surface area contributed by atoms with Crippen LogP contribution in [0.4, 0.5) is 5.69 Å². The Hall–Kier alpha value is -4.40. The molecule has 2 heterocycles. The summed E-state index contributed by atoms with van der Waals surface area (Å²) in [6.07, 6.45) is 2.10. The number of aromatic nitrogens is 3. The van der Waals surface area contributed by atoms with Gasteiger partial charge < -0.3 is 20.5 Å². The minimum atomic E-state index is -0.579. The monoisotopic (exact) mass is 473 g/mol. The number of nitrogens with two attached hydrogens (primary N) is 1. The number of para-hydroxylation sites is 2. The summed E-state index contributed by atoms with van der Waals surface area (Å²) in [5.74, 6) is 1.20. The molecule has 3 N–H and O–H groups in total. The summed E-state index contributed by atoms with van der Waals surface area (Å²) in [5.41, 5.74) is 9.11. The third kappa shape index (κ3) is 5.24. The van der Waals surface area contributed by atoms with Crippen molar-refractivity contribution in [2.24, 2.45) is 5.73 Å². The van der Waals surface area contributed by atoms with Crippen molar-refractivity contribution in [1.82, 2.24) is 14.6 Å². The van der Waals surface area contributed by atoms with Gasteiger partial charge in [0.1, 0.15) is 17.1 Å². The molecule has 0 saturated carbocycles. The molecule has 0 spiro atoms. The van der Waals surface area contributed by atoms with Gasteiger partial charge in [-0.05, 0) is 69.2 Å². The van der Waals surface area contributed by atoms with Crippen molar-refractivity contribution in [3.05, 3.63) is 77.2 Å². The first-order valence-electron chi connectivity index (χ1n) is 11.3. The average Bonchev–Trinajstić information content (AvgIpc) is 3.26. The highest BCUT2D eigenvalue weighted by Crippen LogP contribution is 2.30. The van der Waals surface area contributed by atoms with Gasteiger partial charge in [0.2, 0.25) is 5.91 Å². The largest absolute Gasteiger partial charge is 0.494 e. The lowest BCUT2D eigenvalue weighted by Crippen LogP contribution is -2.15. The van der Waals surface area contributed by atoms with Crippen molar-refractivity contribution in [2.75, 3.05) is 11.9 Å². The van der Waals surface area contributed by atoms with Gasteiger partial charge in [-0.25, -0.2) is 9.50 Å². The Labute approximate surface area is 202 Å². The maximum absolute atomic E-state index is 12.8. The molecule has 0 unspecified atom stereocenters. The van der Waals surface area contributed by atoms with E-state index in [0.717, 1.165) is 22.7 Å². The lowest BCUT2D eigenvalue weighted by atomic mass is 10.1. The van der Waals surface area contributed by atoms with Crippen LogP contribution in [-0.2, 0) is 11.2 Å². The van der Waals surface area contributed by atoms with Crippen molar-refractivity contribution < 1.29 is 19.1 Å². The van der Waals surface area contributed by atoms with E-state index >= 15 is 0 Å². The molecule has 0 aliphatic rings. The van der Waals surface area contributed by atoms with Gasteiger partial charge in [0.15, 0.2) is 11.4 Å². The molecule has 2 aromatic heterocycles. The van der Waals surface area contributed by atoms with Gasteiger partial charge in [-0.2, -0.15) is 5.10 Å². The number of aryl methyl sites for hydroxylation is 2. The first kappa shape index (κ1) is 23.7. The predicted molar refractivity (Wildman–Crippen MR) is 132 cm³/mol. The van der Waals surface area contributed by atoms with E-state index in [1.165, 1.54) is 6.20 Å². The maximum Gasteiger partial charge on any atom is 0.254 e. The molecule has 2 amide bonds. The van der Waals surface area contributed by atoms with Gasteiger partial charge >= 0.3 is 0 Å². The number of hydrogen-bond acceptors (Lipinski definition) is 6. The first-order chi connectivity index (χ1) is 16.9. The van der Waals surface area contributed by atoms with Crippen LogP contribution in [0, 0.1) is 13.8 Å². The Balaban J connectivity index is 1.45. The quantitative estimate of drug-likeness (QED) is 0.376. The first-order valence-corrected chi connectivity index (χ1v) is 11.3. The molecule has 2 aromatic carbocycles. The predicted octanol–water partition coefficient (Wildman–Crippen LogP) is 4.21. The number of hydrogen-bond donors (Lipinski definition) is 2. The van der Waals surface area contributed by atoms with Crippen LogP contribution in [0.25, 0.3) is 5.65 Å². The highest BCUT2D eigenvalue weighted by molar-refractivity contribution is 5.98. The van der Waals surface area contributed by atoms with Gasteiger partial charge in [0.25, 0.3) is 5.91 Å². The summed E-state index contributed by atoms with van der Waals surface area (Å²) in [7, 11) is 0. The molecule has 0 aliphatic heterocycles. The van der Waals surface area contributed by atoms with E-state index in [9.17, 15) is 9.59 Å². The second-order valence-electron chi connectivity index (χ2n) is 7.97. The van der Waals surface area contributed by atoms with Gasteiger partial charge in [-0.15, -0.1) is 0 Å². The molecular weight excluding hydrogens is 446 g/mol. The summed E-state index contributed by atoms with van der Waals surface area (Å²) in [6.45, 7) is 6.25.